The van der Waals surface area contributed by atoms with Crippen molar-refractivity contribution < 1.29 is 13.2 Å². The summed E-state index contributed by atoms with van der Waals surface area (Å²) in [6, 6.07) is 3.19. The molecule has 0 aliphatic carbocycles. The van der Waals surface area contributed by atoms with E-state index in [2.05, 4.69) is 10.3 Å². The number of nitrogens with one attached hydrogen (secondary N) is 1. The van der Waals surface area contributed by atoms with Crippen LogP contribution in [0.3, 0.4) is 0 Å². The Hall–Kier alpha value is -1.14. The maximum absolute atomic E-state index is 11.4. The number of hydrogen-bond acceptors (Lipinski definition) is 5. The first-order valence-electron chi connectivity index (χ1n) is 5.38. The number of nitrogens with zero attached hydrogens (tertiary/aromatic N) is 1. The van der Waals surface area contributed by atoms with E-state index < -0.39 is 9.84 Å². The number of sulfone groups is 1. The third-order valence-corrected chi connectivity index (χ3v) is 3.21. The summed E-state index contributed by atoms with van der Waals surface area (Å²) in [7, 11) is -1.53. The Kier molecular flexibility index (Phi) is 4.89. The zero-order chi connectivity index (χ0) is 12.9. The summed E-state index contributed by atoms with van der Waals surface area (Å²) in [6.07, 6.45) is 2.84. The predicted octanol–water partition coefficient (Wildman–Crippen LogP) is 0.785. The van der Waals surface area contributed by atoms with Crippen LogP contribution in [0.25, 0.3) is 0 Å². The van der Waals surface area contributed by atoms with Crippen LogP contribution in [0.4, 0.5) is 0 Å². The van der Waals surface area contributed by atoms with Gasteiger partial charge in [0.25, 0.3) is 0 Å². The molecule has 0 fully saturated rings. The van der Waals surface area contributed by atoms with Crippen molar-refractivity contribution in [3.63, 3.8) is 0 Å². The van der Waals surface area contributed by atoms with Gasteiger partial charge < -0.3 is 10.1 Å². The fourth-order valence-corrected chi connectivity index (χ4v) is 2.50. The van der Waals surface area contributed by atoms with E-state index in [0.717, 1.165) is 0 Å². The van der Waals surface area contributed by atoms with Crippen molar-refractivity contribution in [3.05, 3.63) is 24.0 Å². The van der Waals surface area contributed by atoms with E-state index >= 15 is 0 Å². The second-order valence-corrected chi connectivity index (χ2v) is 5.98. The van der Waals surface area contributed by atoms with Gasteiger partial charge in [0.05, 0.1) is 18.9 Å². The van der Waals surface area contributed by atoms with E-state index in [-0.39, 0.29) is 11.8 Å². The summed E-state index contributed by atoms with van der Waals surface area (Å²) in [5.74, 6) is 0.607. The van der Waals surface area contributed by atoms with Crippen LogP contribution < -0.4 is 10.1 Å². The van der Waals surface area contributed by atoms with E-state index in [9.17, 15) is 8.42 Å². The molecule has 1 N–H and O–H groups in total. The van der Waals surface area contributed by atoms with Gasteiger partial charge in [-0.15, -0.1) is 0 Å². The molecule has 0 spiro atoms. The number of rotatable bonds is 6. The highest BCUT2D eigenvalue weighted by molar-refractivity contribution is 7.90. The Balaban J connectivity index is 3.04. The van der Waals surface area contributed by atoms with E-state index in [1.807, 2.05) is 6.92 Å². The molecular formula is C11H18N2O3S. The molecule has 0 bridgehead atoms. The van der Waals surface area contributed by atoms with E-state index in [1.54, 1.807) is 25.4 Å². The lowest BCUT2D eigenvalue weighted by Crippen LogP contribution is -2.28. The summed E-state index contributed by atoms with van der Waals surface area (Å²) >= 11 is 0. The van der Waals surface area contributed by atoms with E-state index in [0.29, 0.717) is 18.0 Å². The molecular weight excluding hydrogens is 240 g/mol. The van der Waals surface area contributed by atoms with Crippen molar-refractivity contribution in [2.75, 3.05) is 25.7 Å². The van der Waals surface area contributed by atoms with Gasteiger partial charge >= 0.3 is 0 Å². The van der Waals surface area contributed by atoms with Crippen LogP contribution in [0.1, 0.15) is 18.7 Å². The molecule has 0 radical (unpaired) electrons. The molecule has 0 aromatic carbocycles. The highest BCUT2D eigenvalue weighted by atomic mass is 32.2. The topological polar surface area (TPSA) is 68.3 Å². The maximum atomic E-state index is 11.4. The van der Waals surface area contributed by atoms with Crippen molar-refractivity contribution in [3.8, 4) is 5.75 Å². The van der Waals surface area contributed by atoms with Gasteiger partial charge in [-0.1, -0.05) is 6.92 Å². The summed E-state index contributed by atoms with van der Waals surface area (Å²) in [5, 5.41) is 3.11. The molecule has 96 valence electrons. The highest BCUT2D eigenvalue weighted by Gasteiger charge is 2.20. The molecule has 1 atom stereocenters. The van der Waals surface area contributed by atoms with Gasteiger partial charge in [-0.25, -0.2) is 8.42 Å². The first-order chi connectivity index (χ1) is 7.98. The Labute approximate surface area is 102 Å². The Morgan fingerprint density at radius 3 is 2.76 bits per heavy atom. The summed E-state index contributed by atoms with van der Waals surface area (Å²) in [5.41, 5.74) is 0.627. The van der Waals surface area contributed by atoms with Crippen molar-refractivity contribution >= 4 is 9.84 Å². The van der Waals surface area contributed by atoms with Crippen LogP contribution in [-0.4, -0.2) is 39.1 Å². The second-order valence-electron chi connectivity index (χ2n) is 3.79. The Morgan fingerprint density at radius 1 is 1.53 bits per heavy atom. The lowest BCUT2D eigenvalue weighted by atomic mass is 10.2. The standard InChI is InChI=1S/C11H18N2O3S/c1-4-12-9(8-17(3,14)15)11-10(16-2)6-5-7-13-11/h5-7,9,12H,4,8H2,1-3H3. The molecule has 17 heavy (non-hydrogen) atoms. The van der Waals surface area contributed by atoms with Gasteiger partial charge in [-0.05, 0) is 18.7 Å². The summed E-state index contributed by atoms with van der Waals surface area (Å²) < 4.78 is 28.0. The molecule has 0 aliphatic rings. The van der Waals surface area contributed by atoms with E-state index in [4.69, 9.17) is 4.74 Å². The molecule has 0 aliphatic heterocycles. The van der Waals surface area contributed by atoms with Crippen LogP contribution in [0, 0.1) is 0 Å². The van der Waals surface area contributed by atoms with Gasteiger partial charge in [0.15, 0.2) is 0 Å². The third-order valence-electron chi connectivity index (χ3n) is 2.27. The number of aromatic nitrogens is 1. The number of hydrogen-bond donors (Lipinski definition) is 1. The molecule has 0 saturated carbocycles. The second kappa shape index (κ2) is 5.97. The van der Waals surface area contributed by atoms with Crippen molar-refractivity contribution in [1.82, 2.24) is 10.3 Å². The minimum Gasteiger partial charge on any atom is -0.495 e. The van der Waals surface area contributed by atoms with Gasteiger partial charge in [0.1, 0.15) is 21.3 Å². The monoisotopic (exact) mass is 258 g/mol. The molecule has 1 aromatic heterocycles. The van der Waals surface area contributed by atoms with Crippen LogP contribution in [-0.2, 0) is 9.84 Å². The minimum atomic E-state index is -3.08. The molecule has 1 aromatic rings. The largest absolute Gasteiger partial charge is 0.495 e. The Bertz CT molecular complexity index is 460. The quantitative estimate of drug-likeness (QED) is 0.817. The number of ether oxygens (including phenoxy) is 1. The molecule has 1 heterocycles. The van der Waals surface area contributed by atoms with Gasteiger partial charge in [-0.2, -0.15) is 0 Å². The van der Waals surface area contributed by atoms with Crippen molar-refractivity contribution in [1.29, 1.82) is 0 Å². The summed E-state index contributed by atoms with van der Waals surface area (Å²) in [6.45, 7) is 2.59. The van der Waals surface area contributed by atoms with Crippen molar-refractivity contribution in [2.24, 2.45) is 0 Å². The van der Waals surface area contributed by atoms with Crippen LogP contribution in [0.2, 0.25) is 0 Å². The van der Waals surface area contributed by atoms with Crippen LogP contribution >= 0.6 is 0 Å². The van der Waals surface area contributed by atoms with E-state index in [1.165, 1.54) is 6.26 Å². The number of methoxy groups -OCH3 is 1. The molecule has 0 saturated heterocycles. The zero-order valence-electron chi connectivity index (χ0n) is 10.3. The first kappa shape index (κ1) is 13.9. The molecule has 1 rings (SSSR count). The SMILES string of the molecule is CCNC(CS(C)(=O)=O)c1ncccc1OC. The van der Waals surface area contributed by atoms with Gasteiger partial charge in [0, 0.05) is 12.5 Å². The lowest BCUT2D eigenvalue weighted by molar-refractivity contribution is 0.398. The van der Waals surface area contributed by atoms with Crippen molar-refractivity contribution in [2.45, 2.75) is 13.0 Å². The lowest BCUT2D eigenvalue weighted by Gasteiger charge is -2.18. The third kappa shape index (κ3) is 4.32. The predicted molar refractivity (Wildman–Crippen MR) is 66.9 cm³/mol. The molecule has 1 unspecified atom stereocenters. The van der Waals surface area contributed by atoms with Crippen LogP contribution in [0.15, 0.2) is 18.3 Å². The number of pyridine rings is 1. The summed E-state index contributed by atoms with van der Waals surface area (Å²) in [4.78, 5) is 4.20. The first-order valence-corrected chi connectivity index (χ1v) is 7.44. The van der Waals surface area contributed by atoms with Gasteiger partial charge in [-0.3, -0.25) is 4.98 Å². The smallest absolute Gasteiger partial charge is 0.149 e. The average molecular weight is 258 g/mol. The minimum absolute atomic E-state index is 0.00815. The zero-order valence-corrected chi connectivity index (χ0v) is 11.1. The normalized spacial score (nSPS) is 13.4. The fourth-order valence-electron chi connectivity index (χ4n) is 1.62. The Morgan fingerprint density at radius 2 is 2.24 bits per heavy atom. The fraction of sp³-hybridized carbons (Fsp3) is 0.545. The van der Waals surface area contributed by atoms with Gasteiger partial charge in [0.2, 0.25) is 0 Å². The highest BCUT2D eigenvalue weighted by Crippen LogP contribution is 2.23. The van der Waals surface area contributed by atoms with Crippen LogP contribution in [0.5, 0.6) is 5.75 Å². The molecule has 6 heteroatoms. The molecule has 0 amide bonds. The maximum Gasteiger partial charge on any atom is 0.149 e. The average Bonchev–Trinajstić information content (AvgIpc) is 2.27. The molecule has 5 nitrogen and oxygen atoms in total.